The van der Waals surface area contributed by atoms with E-state index in [4.69, 9.17) is 15.0 Å². The molecule has 2 atom stereocenters. The number of aliphatic imine (C=N–C) groups is 4. The summed E-state index contributed by atoms with van der Waals surface area (Å²) in [6, 6.07) is 5.88. The van der Waals surface area contributed by atoms with Crippen LogP contribution in [0, 0.1) is 0 Å². The van der Waals surface area contributed by atoms with E-state index in [9.17, 15) is 0 Å². The molecule has 0 bridgehead atoms. The molecular weight excluding hydrogens is 322 g/mol. The van der Waals surface area contributed by atoms with Gasteiger partial charge in [-0.1, -0.05) is 30.4 Å². The number of hydrogen-bond acceptors (Lipinski definition) is 5. The van der Waals surface area contributed by atoms with Crippen molar-refractivity contribution >= 4 is 23.1 Å². The summed E-state index contributed by atoms with van der Waals surface area (Å²) in [5, 5.41) is 0. The fourth-order valence-electron chi connectivity index (χ4n) is 3.44. The third-order valence-electron chi connectivity index (χ3n) is 4.86. The molecule has 0 amide bonds. The van der Waals surface area contributed by atoms with E-state index in [2.05, 4.69) is 36.0 Å². The van der Waals surface area contributed by atoms with Crippen molar-refractivity contribution in [3.05, 3.63) is 77.2 Å². The van der Waals surface area contributed by atoms with Crippen LogP contribution in [0.2, 0.25) is 0 Å². The Morgan fingerprint density at radius 3 is 1.69 bits per heavy atom. The first-order chi connectivity index (χ1) is 12.7. The van der Waals surface area contributed by atoms with Gasteiger partial charge in [0.15, 0.2) is 11.7 Å². The Morgan fingerprint density at radius 1 is 0.731 bits per heavy atom. The highest BCUT2D eigenvalue weighted by molar-refractivity contribution is 6.19. The lowest BCUT2D eigenvalue weighted by Gasteiger charge is -2.10. The minimum absolute atomic E-state index is 0.0188. The number of nitrogens with zero attached hydrogens (tertiary/aromatic N) is 5. The topological polar surface area (TPSA) is 62.3 Å². The highest BCUT2D eigenvalue weighted by atomic mass is 15.1. The van der Waals surface area contributed by atoms with E-state index >= 15 is 0 Å². The van der Waals surface area contributed by atoms with Gasteiger partial charge in [-0.25, -0.2) is 15.0 Å². The minimum Gasteiger partial charge on any atom is -0.250 e. The molecule has 2 aliphatic carbocycles. The lowest BCUT2D eigenvalue weighted by Crippen LogP contribution is -2.16. The number of rotatable bonds is 2. The predicted molar refractivity (Wildman–Crippen MR) is 106 cm³/mol. The lowest BCUT2D eigenvalue weighted by molar-refractivity contribution is 1.01. The van der Waals surface area contributed by atoms with Gasteiger partial charge in [0.25, 0.3) is 0 Å². The Balaban J connectivity index is 1.50. The molecule has 2 aliphatic heterocycles. The quantitative estimate of drug-likeness (QED) is 0.816. The molecule has 1 aromatic rings. The zero-order valence-corrected chi connectivity index (χ0v) is 14.6. The van der Waals surface area contributed by atoms with Crippen LogP contribution in [0.25, 0.3) is 0 Å². The van der Waals surface area contributed by atoms with Gasteiger partial charge in [0.1, 0.15) is 23.5 Å². The van der Waals surface area contributed by atoms with Crippen LogP contribution in [-0.2, 0) is 0 Å². The first kappa shape index (κ1) is 15.1. The van der Waals surface area contributed by atoms with Crippen LogP contribution in [0.15, 0.2) is 85.8 Å². The van der Waals surface area contributed by atoms with E-state index in [-0.39, 0.29) is 12.1 Å². The molecule has 26 heavy (non-hydrogen) atoms. The molecule has 0 saturated heterocycles. The molecule has 4 aliphatic rings. The average Bonchev–Trinajstić information content (AvgIpc) is 3.28. The van der Waals surface area contributed by atoms with E-state index in [0.717, 1.165) is 22.8 Å². The van der Waals surface area contributed by atoms with Crippen molar-refractivity contribution in [3.8, 4) is 0 Å². The molecule has 126 valence electrons. The van der Waals surface area contributed by atoms with Crippen molar-refractivity contribution in [1.82, 2.24) is 4.98 Å². The highest BCUT2D eigenvalue weighted by Gasteiger charge is 2.27. The standard InChI is InChI=1S/C21H17N5/c1-12-6-3-8-14-18(12)25-20(23-14)16-10-5-11-17(22-16)21-24-15-9-4-7-13(2)19(15)26-21/h3-11,18-19H,1-2H3. The van der Waals surface area contributed by atoms with Gasteiger partial charge in [-0.15, -0.1) is 0 Å². The van der Waals surface area contributed by atoms with Crippen LogP contribution in [0.4, 0.5) is 0 Å². The molecule has 0 aromatic carbocycles. The number of hydrogen-bond donors (Lipinski definition) is 0. The Hall–Kier alpha value is -3.21. The molecule has 0 spiro atoms. The smallest absolute Gasteiger partial charge is 0.174 e. The van der Waals surface area contributed by atoms with E-state index in [0.29, 0.717) is 11.7 Å². The van der Waals surface area contributed by atoms with Crippen LogP contribution in [0.1, 0.15) is 25.2 Å². The van der Waals surface area contributed by atoms with Gasteiger partial charge in [-0.05, 0) is 49.3 Å². The second kappa shape index (κ2) is 5.66. The van der Waals surface area contributed by atoms with Gasteiger partial charge in [0, 0.05) is 0 Å². The van der Waals surface area contributed by atoms with Gasteiger partial charge >= 0.3 is 0 Å². The molecular formula is C21H17N5. The van der Waals surface area contributed by atoms with Crippen molar-refractivity contribution in [2.75, 3.05) is 0 Å². The summed E-state index contributed by atoms with van der Waals surface area (Å²) in [6.07, 6.45) is 12.2. The second-order valence-electron chi connectivity index (χ2n) is 6.73. The number of pyridine rings is 1. The number of fused-ring (bicyclic) bond motifs is 2. The zero-order valence-electron chi connectivity index (χ0n) is 14.6. The summed E-state index contributed by atoms with van der Waals surface area (Å²) >= 11 is 0. The SMILES string of the molecule is CC1=CC=CC2=NC(c3cccc(C4=NC5C(C)=CC=CC5=N4)n3)=NC12. The van der Waals surface area contributed by atoms with Crippen molar-refractivity contribution in [3.63, 3.8) is 0 Å². The van der Waals surface area contributed by atoms with Crippen LogP contribution >= 0.6 is 0 Å². The van der Waals surface area contributed by atoms with Gasteiger partial charge in [-0.2, -0.15) is 0 Å². The Bertz CT molecular complexity index is 978. The van der Waals surface area contributed by atoms with Gasteiger partial charge in [0.2, 0.25) is 0 Å². The van der Waals surface area contributed by atoms with Crippen LogP contribution in [0.5, 0.6) is 0 Å². The predicted octanol–water partition coefficient (Wildman–Crippen LogP) is 3.25. The first-order valence-corrected chi connectivity index (χ1v) is 8.69. The summed E-state index contributed by atoms with van der Waals surface area (Å²) in [4.78, 5) is 23.6. The van der Waals surface area contributed by atoms with Crippen LogP contribution in [-0.4, -0.2) is 40.2 Å². The van der Waals surface area contributed by atoms with E-state index in [1.165, 1.54) is 11.1 Å². The Morgan fingerprint density at radius 2 is 1.23 bits per heavy atom. The minimum atomic E-state index is 0.0188. The monoisotopic (exact) mass is 339 g/mol. The fourth-order valence-corrected chi connectivity index (χ4v) is 3.44. The molecule has 0 radical (unpaired) electrons. The highest BCUT2D eigenvalue weighted by Crippen LogP contribution is 2.23. The van der Waals surface area contributed by atoms with Gasteiger partial charge in [0.05, 0.1) is 11.4 Å². The normalized spacial score (nSPS) is 25.6. The molecule has 1 aromatic heterocycles. The molecule has 0 N–H and O–H groups in total. The molecule has 5 heteroatoms. The number of aromatic nitrogens is 1. The average molecular weight is 339 g/mol. The maximum atomic E-state index is 4.75. The van der Waals surface area contributed by atoms with E-state index < -0.39 is 0 Å². The second-order valence-corrected chi connectivity index (χ2v) is 6.73. The number of amidine groups is 2. The van der Waals surface area contributed by atoms with Crippen LogP contribution < -0.4 is 0 Å². The lowest BCUT2D eigenvalue weighted by atomic mass is 10.00. The molecule has 0 saturated carbocycles. The largest absolute Gasteiger partial charge is 0.250 e. The summed E-state index contributed by atoms with van der Waals surface area (Å²) in [5.41, 5.74) is 5.85. The van der Waals surface area contributed by atoms with Crippen molar-refractivity contribution < 1.29 is 0 Å². The van der Waals surface area contributed by atoms with Gasteiger partial charge < -0.3 is 0 Å². The summed E-state index contributed by atoms with van der Waals surface area (Å²) < 4.78 is 0. The Kier molecular flexibility index (Phi) is 3.28. The number of allylic oxidation sites excluding steroid dienone is 4. The Labute approximate surface area is 151 Å². The maximum absolute atomic E-state index is 4.75. The fraction of sp³-hybridized carbons (Fsp3) is 0.190. The molecule has 5 nitrogen and oxygen atoms in total. The third kappa shape index (κ3) is 2.36. The zero-order chi connectivity index (χ0) is 17.7. The van der Waals surface area contributed by atoms with Gasteiger partial charge in [-0.3, -0.25) is 9.98 Å². The summed E-state index contributed by atoms with van der Waals surface area (Å²) in [5.74, 6) is 1.34. The van der Waals surface area contributed by atoms with Crippen LogP contribution in [0.3, 0.4) is 0 Å². The molecule has 3 heterocycles. The maximum Gasteiger partial charge on any atom is 0.174 e. The molecule has 0 fully saturated rings. The van der Waals surface area contributed by atoms with Crippen molar-refractivity contribution in [2.45, 2.75) is 25.9 Å². The van der Waals surface area contributed by atoms with E-state index in [1.807, 2.05) is 42.5 Å². The first-order valence-electron chi connectivity index (χ1n) is 8.69. The van der Waals surface area contributed by atoms with E-state index in [1.54, 1.807) is 0 Å². The van der Waals surface area contributed by atoms with Crippen molar-refractivity contribution in [2.24, 2.45) is 20.0 Å². The molecule has 2 unspecified atom stereocenters. The van der Waals surface area contributed by atoms with Crippen molar-refractivity contribution in [1.29, 1.82) is 0 Å². The summed E-state index contributed by atoms with van der Waals surface area (Å²) in [6.45, 7) is 4.16. The third-order valence-corrected chi connectivity index (χ3v) is 4.86. The molecule has 5 rings (SSSR count). The summed E-state index contributed by atoms with van der Waals surface area (Å²) in [7, 11) is 0.